The third-order valence-electron chi connectivity index (χ3n) is 8.09. The molecule has 4 amide bonds. The number of rotatable bonds is 7. The molecule has 2 aromatic carbocycles. The maximum absolute atomic E-state index is 15.6. The number of nitrogens with zero attached hydrogens (tertiary/aromatic N) is 1. The number of halogens is 1. The highest BCUT2D eigenvalue weighted by Crippen LogP contribution is 2.46. The Morgan fingerprint density at radius 3 is 2.22 bits per heavy atom. The van der Waals surface area contributed by atoms with Crippen LogP contribution in [0.15, 0.2) is 48.5 Å². The molecule has 1 aliphatic heterocycles. The summed E-state index contributed by atoms with van der Waals surface area (Å²) in [5.41, 5.74) is 11.5. The first kappa shape index (κ1) is 30.0. The number of hydrogen-bond acceptors (Lipinski definition) is 5. The molecule has 2 fully saturated rings. The first-order valence-electron chi connectivity index (χ1n) is 14.1. The number of carbonyl (C=O) groups is 4. The van der Waals surface area contributed by atoms with Gasteiger partial charge in [0.25, 0.3) is 5.91 Å². The molecule has 2 aliphatic rings. The summed E-state index contributed by atoms with van der Waals surface area (Å²) in [6.07, 6.45) is 2.16. The Bertz CT molecular complexity index is 1290. The van der Waals surface area contributed by atoms with Crippen molar-refractivity contribution in [1.29, 1.82) is 0 Å². The topological polar surface area (TPSA) is 145 Å². The second kappa shape index (κ2) is 12.3. The van der Waals surface area contributed by atoms with Crippen LogP contribution < -0.4 is 16.8 Å². The summed E-state index contributed by atoms with van der Waals surface area (Å²) in [7, 11) is 0. The van der Waals surface area contributed by atoms with E-state index in [1.807, 2.05) is 30.3 Å². The van der Waals surface area contributed by atoms with Crippen molar-refractivity contribution in [1.82, 2.24) is 10.2 Å². The van der Waals surface area contributed by atoms with E-state index in [-0.39, 0.29) is 35.4 Å². The quantitative estimate of drug-likeness (QED) is 0.467. The summed E-state index contributed by atoms with van der Waals surface area (Å²) in [5, 5.41) is 2.81. The summed E-state index contributed by atoms with van der Waals surface area (Å²) >= 11 is 0. The van der Waals surface area contributed by atoms with E-state index in [1.165, 1.54) is 11.0 Å². The fourth-order valence-electron chi connectivity index (χ4n) is 6.21. The number of nitrogens with one attached hydrogen (secondary N) is 1. The van der Waals surface area contributed by atoms with Gasteiger partial charge in [-0.1, -0.05) is 42.5 Å². The van der Waals surface area contributed by atoms with E-state index in [0.717, 1.165) is 18.4 Å². The SMILES string of the molecule is CC(C)(C)OC(=O)NC[C@H]1CC[C@H](C(=O)N2CC(c3cccc(C(N)=O)c3F)[C@@H](c3ccccc3)[C@H]2C(N)=O)CC1. The van der Waals surface area contributed by atoms with Crippen molar-refractivity contribution in [3.05, 3.63) is 71.0 Å². The van der Waals surface area contributed by atoms with Crippen LogP contribution in [-0.4, -0.2) is 53.4 Å². The number of benzene rings is 2. The van der Waals surface area contributed by atoms with Gasteiger partial charge in [-0.2, -0.15) is 0 Å². The first-order valence-corrected chi connectivity index (χ1v) is 14.1. The van der Waals surface area contributed by atoms with E-state index < -0.39 is 47.2 Å². The van der Waals surface area contributed by atoms with Gasteiger partial charge in [-0.05, 0) is 69.6 Å². The Hall–Kier alpha value is -3.95. The average molecular weight is 567 g/mol. The molecule has 1 unspecified atom stereocenters. The van der Waals surface area contributed by atoms with Gasteiger partial charge in [0.2, 0.25) is 11.8 Å². The fourth-order valence-corrected chi connectivity index (χ4v) is 6.21. The van der Waals surface area contributed by atoms with E-state index in [4.69, 9.17) is 16.2 Å². The maximum atomic E-state index is 15.6. The molecular formula is C31H39FN4O5. The molecule has 2 aromatic rings. The molecule has 0 aromatic heterocycles. The second-order valence-electron chi connectivity index (χ2n) is 12.1. The van der Waals surface area contributed by atoms with Crippen LogP contribution in [0.3, 0.4) is 0 Å². The van der Waals surface area contributed by atoms with E-state index >= 15 is 4.39 Å². The van der Waals surface area contributed by atoms with Gasteiger partial charge in [-0.15, -0.1) is 0 Å². The molecule has 1 aliphatic carbocycles. The smallest absolute Gasteiger partial charge is 0.407 e. The van der Waals surface area contributed by atoms with Gasteiger partial charge in [-0.25, -0.2) is 9.18 Å². The molecule has 220 valence electrons. The van der Waals surface area contributed by atoms with Gasteiger partial charge in [-0.3, -0.25) is 14.4 Å². The molecule has 10 heteroatoms. The third-order valence-corrected chi connectivity index (χ3v) is 8.09. The molecule has 9 nitrogen and oxygen atoms in total. The predicted octanol–water partition coefficient (Wildman–Crippen LogP) is 3.82. The minimum Gasteiger partial charge on any atom is -0.444 e. The zero-order chi connectivity index (χ0) is 29.9. The normalized spacial score (nSPS) is 24.5. The van der Waals surface area contributed by atoms with Crippen molar-refractivity contribution < 1.29 is 28.3 Å². The van der Waals surface area contributed by atoms with Crippen LogP contribution >= 0.6 is 0 Å². The summed E-state index contributed by atoms with van der Waals surface area (Å²) < 4.78 is 20.9. The molecule has 4 rings (SSSR count). The molecule has 0 radical (unpaired) electrons. The van der Waals surface area contributed by atoms with Crippen LogP contribution in [0.25, 0.3) is 0 Å². The van der Waals surface area contributed by atoms with Crippen LogP contribution in [0.5, 0.6) is 0 Å². The van der Waals surface area contributed by atoms with E-state index in [9.17, 15) is 19.2 Å². The number of amides is 4. The molecule has 41 heavy (non-hydrogen) atoms. The van der Waals surface area contributed by atoms with Crippen LogP contribution in [-0.2, 0) is 14.3 Å². The molecule has 3 atom stereocenters. The highest BCUT2D eigenvalue weighted by molar-refractivity contribution is 5.93. The Balaban J connectivity index is 1.54. The van der Waals surface area contributed by atoms with Gasteiger partial charge < -0.3 is 26.4 Å². The molecule has 1 saturated heterocycles. The Morgan fingerprint density at radius 2 is 1.63 bits per heavy atom. The Kier molecular flexibility index (Phi) is 8.99. The first-order chi connectivity index (χ1) is 19.4. The summed E-state index contributed by atoms with van der Waals surface area (Å²) in [5.74, 6) is -3.85. The summed E-state index contributed by atoms with van der Waals surface area (Å²) in [6.45, 7) is 5.94. The monoisotopic (exact) mass is 566 g/mol. The second-order valence-corrected chi connectivity index (χ2v) is 12.1. The number of nitrogens with two attached hydrogens (primary N) is 2. The van der Waals surface area contributed by atoms with Gasteiger partial charge in [0.1, 0.15) is 17.5 Å². The number of primary amides is 2. The minimum absolute atomic E-state index is 0.0747. The lowest BCUT2D eigenvalue weighted by Gasteiger charge is -2.33. The predicted molar refractivity (Wildman–Crippen MR) is 151 cm³/mol. The van der Waals surface area contributed by atoms with Crippen molar-refractivity contribution in [3.63, 3.8) is 0 Å². The van der Waals surface area contributed by atoms with Gasteiger partial charge >= 0.3 is 6.09 Å². The molecular weight excluding hydrogens is 527 g/mol. The standard InChI is InChI=1S/C31H39FN4O5/c1-31(2,3)41-30(40)35-16-18-12-14-20(15-13-18)29(39)36-17-23(21-10-7-11-22(25(21)32)27(33)37)24(26(36)28(34)38)19-8-5-4-6-9-19/h4-11,18,20,23-24,26H,12-17H2,1-3H3,(H2,33,37)(H2,34,38)(H,35,40)/t18-,20-,23?,24-,26+/m1/s1. The number of ether oxygens (including phenoxy) is 1. The van der Waals surface area contributed by atoms with Crippen molar-refractivity contribution in [2.75, 3.05) is 13.1 Å². The lowest BCUT2D eigenvalue weighted by Crippen LogP contribution is -2.48. The van der Waals surface area contributed by atoms with Crippen LogP contribution in [0.4, 0.5) is 9.18 Å². The van der Waals surface area contributed by atoms with Crippen LogP contribution in [0.1, 0.15) is 79.8 Å². The lowest BCUT2D eigenvalue weighted by atomic mass is 9.79. The fraction of sp³-hybridized carbons (Fsp3) is 0.484. The molecule has 1 saturated carbocycles. The number of hydrogen-bond donors (Lipinski definition) is 3. The maximum Gasteiger partial charge on any atom is 0.407 e. The largest absolute Gasteiger partial charge is 0.444 e. The van der Waals surface area contributed by atoms with Crippen molar-refractivity contribution in [2.45, 2.75) is 69.9 Å². The zero-order valence-corrected chi connectivity index (χ0v) is 23.8. The van der Waals surface area contributed by atoms with Gasteiger partial charge in [0.15, 0.2) is 0 Å². The number of likely N-dealkylation sites (tertiary alicyclic amines) is 1. The van der Waals surface area contributed by atoms with Gasteiger partial charge in [0.05, 0.1) is 5.56 Å². The average Bonchev–Trinajstić information content (AvgIpc) is 3.32. The Morgan fingerprint density at radius 1 is 0.976 bits per heavy atom. The van der Waals surface area contributed by atoms with E-state index in [0.29, 0.717) is 19.4 Å². The number of alkyl carbamates (subject to hydrolysis) is 1. The zero-order valence-electron chi connectivity index (χ0n) is 23.8. The van der Waals surface area contributed by atoms with Crippen molar-refractivity contribution >= 4 is 23.8 Å². The van der Waals surface area contributed by atoms with E-state index in [2.05, 4.69) is 5.32 Å². The van der Waals surface area contributed by atoms with Crippen LogP contribution in [0, 0.1) is 17.7 Å². The van der Waals surface area contributed by atoms with Crippen molar-refractivity contribution in [3.8, 4) is 0 Å². The molecule has 0 bridgehead atoms. The number of carbonyl (C=O) groups excluding carboxylic acids is 4. The molecule has 0 spiro atoms. The van der Waals surface area contributed by atoms with Crippen molar-refractivity contribution in [2.24, 2.45) is 23.3 Å². The van der Waals surface area contributed by atoms with Gasteiger partial charge in [0, 0.05) is 30.8 Å². The van der Waals surface area contributed by atoms with E-state index in [1.54, 1.807) is 32.9 Å². The highest BCUT2D eigenvalue weighted by atomic mass is 19.1. The lowest BCUT2D eigenvalue weighted by molar-refractivity contribution is -0.142. The minimum atomic E-state index is -0.988. The Labute approximate surface area is 239 Å². The third kappa shape index (κ3) is 6.86. The highest BCUT2D eigenvalue weighted by Gasteiger charge is 2.50. The molecule has 1 heterocycles. The summed E-state index contributed by atoms with van der Waals surface area (Å²) in [6, 6.07) is 12.6. The summed E-state index contributed by atoms with van der Waals surface area (Å²) in [4.78, 5) is 52.3. The molecule has 5 N–H and O–H groups in total. The van der Waals surface area contributed by atoms with Crippen LogP contribution in [0.2, 0.25) is 0 Å².